The number of nitrogens with zero attached hydrogens (tertiary/aromatic N) is 3. The summed E-state index contributed by atoms with van der Waals surface area (Å²) in [6, 6.07) is 13.0. The SMILES string of the molecule is C=CCn1c(SCc2ccc(Cl)cc2Cl)nnc1-c1ccc(Cl)cc1. The van der Waals surface area contributed by atoms with Gasteiger partial charge in [-0.25, -0.2) is 0 Å². The third-order valence-electron chi connectivity index (χ3n) is 3.50. The molecule has 0 spiro atoms. The monoisotopic (exact) mass is 409 g/mol. The second-order valence-corrected chi connectivity index (χ2v) is 7.46. The number of allylic oxidation sites excluding steroid dienone is 1. The molecule has 3 rings (SSSR count). The van der Waals surface area contributed by atoms with Crippen LogP contribution in [-0.2, 0) is 12.3 Å². The summed E-state index contributed by atoms with van der Waals surface area (Å²) in [6.07, 6.45) is 1.82. The van der Waals surface area contributed by atoms with E-state index in [0.717, 1.165) is 22.1 Å². The number of thioether (sulfide) groups is 1. The van der Waals surface area contributed by atoms with E-state index in [0.29, 0.717) is 27.4 Å². The van der Waals surface area contributed by atoms with Crippen LogP contribution in [-0.4, -0.2) is 14.8 Å². The number of halogens is 3. The van der Waals surface area contributed by atoms with Crippen LogP contribution in [0.25, 0.3) is 11.4 Å². The normalized spacial score (nSPS) is 10.8. The van der Waals surface area contributed by atoms with Crippen molar-refractivity contribution in [3.63, 3.8) is 0 Å². The van der Waals surface area contributed by atoms with Gasteiger partial charge in [0.15, 0.2) is 11.0 Å². The molecule has 25 heavy (non-hydrogen) atoms. The zero-order chi connectivity index (χ0) is 17.8. The highest BCUT2D eigenvalue weighted by Crippen LogP contribution is 2.30. The van der Waals surface area contributed by atoms with E-state index in [-0.39, 0.29) is 0 Å². The lowest BCUT2D eigenvalue weighted by atomic mass is 10.2. The summed E-state index contributed by atoms with van der Waals surface area (Å²) in [6.45, 7) is 4.44. The summed E-state index contributed by atoms with van der Waals surface area (Å²) in [7, 11) is 0. The molecule has 1 aromatic heterocycles. The lowest BCUT2D eigenvalue weighted by Gasteiger charge is -2.08. The molecular weight excluding hydrogens is 397 g/mol. The number of rotatable bonds is 6. The van der Waals surface area contributed by atoms with E-state index in [9.17, 15) is 0 Å². The molecule has 3 nitrogen and oxygen atoms in total. The quantitative estimate of drug-likeness (QED) is 0.349. The molecule has 0 radical (unpaired) electrons. The van der Waals surface area contributed by atoms with Crippen molar-refractivity contribution < 1.29 is 0 Å². The Kier molecular flexibility index (Phi) is 6.07. The van der Waals surface area contributed by atoms with Gasteiger partial charge in [0, 0.05) is 32.9 Å². The molecule has 0 aliphatic heterocycles. The molecule has 0 fully saturated rings. The minimum absolute atomic E-state index is 0.613. The Bertz CT molecular complexity index is 891. The van der Waals surface area contributed by atoms with Crippen LogP contribution in [0.4, 0.5) is 0 Å². The van der Waals surface area contributed by atoms with Gasteiger partial charge in [-0.05, 0) is 42.0 Å². The van der Waals surface area contributed by atoms with Crippen molar-refractivity contribution in [1.82, 2.24) is 14.8 Å². The van der Waals surface area contributed by atoms with Crippen molar-refractivity contribution in [2.45, 2.75) is 17.5 Å². The van der Waals surface area contributed by atoms with Gasteiger partial charge in [-0.15, -0.1) is 16.8 Å². The first-order valence-electron chi connectivity index (χ1n) is 7.45. The average molecular weight is 411 g/mol. The fourth-order valence-corrected chi connectivity index (χ4v) is 3.91. The van der Waals surface area contributed by atoms with Gasteiger partial charge in [0.1, 0.15) is 0 Å². The molecule has 3 aromatic rings. The molecule has 2 aromatic carbocycles. The molecule has 0 atom stereocenters. The smallest absolute Gasteiger partial charge is 0.192 e. The van der Waals surface area contributed by atoms with Gasteiger partial charge in [0.2, 0.25) is 0 Å². The van der Waals surface area contributed by atoms with Crippen LogP contribution >= 0.6 is 46.6 Å². The van der Waals surface area contributed by atoms with Crippen LogP contribution in [0.2, 0.25) is 15.1 Å². The van der Waals surface area contributed by atoms with E-state index >= 15 is 0 Å². The predicted molar refractivity (Wildman–Crippen MR) is 107 cm³/mol. The van der Waals surface area contributed by atoms with Gasteiger partial charge in [-0.2, -0.15) is 0 Å². The number of hydrogen-bond acceptors (Lipinski definition) is 3. The second-order valence-electron chi connectivity index (χ2n) is 5.24. The summed E-state index contributed by atoms with van der Waals surface area (Å²) < 4.78 is 2.02. The number of benzene rings is 2. The van der Waals surface area contributed by atoms with Crippen molar-refractivity contribution in [3.05, 3.63) is 75.8 Å². The van der Waals surface area contributed by atoms with Crippen LogP contribution in [0.5, 0.6) is 0 Å². The van der Waals surface area contributed by atoms with Crippen LogP contribution < -0.4 is 0 Å². The Balaban J connectivity index is 1.86. The standard InChI is InChI=1S/C18H14Cl3N3S/c1-2-9-24-17(12-3-6-14(19)7-4-12)22-23-18(24)25-11-13-5-8-15(20)10-16(13)21/h2-8,10H,1,9,11H2. The Morgan fingerprint density at radius 3 is 2.40 bits per heavy atom. The molecule has 7 heteroatoms. The van der Waals surface area contributed by atoms with E-state index in [1.165, 1.54) is 0 Å². The van der Waals surface area contributed by atoms with E-state index in [1.54, 1.807) is 17.8 Å². The molecule has 1 heterocycles. The Morgan fingerprint density at radius 1 is 1.00 bits per heavy atom. The lowest BCUT2D eigenvalue weighted by molar-refractivity contribution is 0.731. The van der Waals surface area contributed by atoms with Crippen molar-refractivity contribution >= 4 is 46.6 Å². The summed E-state index contributed by atoms with van der Waals surface area (Å²) >= 11 is 19.7. The third-order valence-corrected chi connectivity index (χ3v) is 5.36. The maximum atomic E-state index is 6.24. The van der Waals surface area contributed by atoms with Crippen LogP contribution in [0.3, 0.4) is 0 Å². The molecule has 0 bridgehead atoms. The van der Waals surface area contributed by atoms with Crippen molar-refractivity contribution in [1.29, 1.82) is 0 Å². The maximum absolute atomic E-state index is 6.24. The van der Waals surface area contributed by atoms with E-state index in [4.69, 9.17) is 34.8 Å². The minimum Gasteiger partial charge on any atom is -0.298 e. The van der Waals surface area contributed by atoms with E-state index in [2.05, 4.69) is 16.8 Å². The van der Waals surface area contributed by atoms with E-state index in [1.807, 2.05) is 47.0 Å². The first-order chi connectivity index (χ1) is 12.1. The van der Waals surface area contributed by atoms with Gasteiger partial charge in [-0.1, -0.05) is 58.7 Å². The van der Waals surface area contributed by atoms with Crippen LogP contribution in [0.1, 0.15) is 5.56 Å². The molecular formula is C18H14Cl3N3S. The number of aromatic nitrogens is 3. The third kappa shape index (κ3) is 4.39. The van der Waals surface area contributed by atoms with Crippen LogP contribution in [0, 0.1) is 0 Å². The van der Waals surface area contributed by atoms with Crippen molar-refractivity contribution in [2.75, 3.05) is 0 Å². The van der Waals surface area contributed by atoms with E-state index < -0.39 is 0 Å². The number of hydrogen-bond donors (Lipinski definition) is 0. The zero-order valence-corrected chi connectivity index (χ0v) is 16.2. The first kappa shape index (κ1) is 18.3. The van der Waals surface area contributed by atoms with Crippen molar-refractivity contribution in [2.24, 2.45) is 0 Å². The summed E-state index contributed by atoms with van der Waals surface area (Å²) in [4.78, 5) is 0. The molecule has 0 amide bonds. The van der Waals surface area contributed by atoms with Gasteiger partial charge in [0.05, 0.1) is 0 Å². The molecule has 0 aliphatic rings. The first-order valence-corrected chi connectivity index (χ1v) is 9.57. The molecule has 128 valence electrons. The van der Waals surface area contributed by atoms with Crippen LogP contribution in [0.15, 0.2) is 60.3 Å². The van der Waals surface area contributed by atoms with Crippen molar-refractivity contribution in [3.8, 4) is 11.4 Å². The fraction of sp³-hybridized carbons (Fsp3) is 0.111. The molecule has 0 aliphatic carbocycles. The maximum Gasteiger partial charge on any atom is 0.192 e. The fourth-order valence-electron chi connectivity index (χ4n) is 2.28. The molecule has 0 unspecified atom stereocenters. The largest absolute Gasteiger partial charge is 0.298 e. The zero-order valence-electron chi connectivity index (χ0n) is 13.1. The Hall–Kier alpha value is -1.46. The lowest BCUT2D eigenvalue weighted by Crippen LogP contribution is -2.00. The summed E-state index contributed by atoms with van der Waals surface area (Å²) in [5, 5.41) is 11.4. The molecule has 0 saturated heterocycles. The molecule has 0 N–H and O–H groups in total. The predicted octanol–water partition coefficient (Wildman–Crippen LogP) is 6.38. The average Bonchev–Trinajstić information content (AvgIpc) is 2.98. The van der Waals surface area contributed by atoms with Gasteiger partial charge >= 0.3 is 0 Å². The van der Waals surface area contributed by atoms with Gasteiger partial charge in [-0.3, -0.25) is 4.57 Å². The second kappa shape index (κ2) is 8.28. The van der Waals surface area contributed by atoms with Gasteiger partial charge < -0.3 is 0 Å². The Labute approximate surface area is 165 Å². The summed E-state index contributed by atoms with van der Waals surface area (Å²) in [5.41, 5.74) is 1.95. The molecule has 0 saturated carbocycles. The highest BCUT2D eigenvalue weighted by molar-refractivity contribution is 7.98. The minimum atomic E-state index is 0.613. The highest BCUT2D eigenvalue weighted by atomic mass is 35.5. The highest BCUT2D eigenvalue weighted by Gasteiger charge is 2.14. The summed E-state index contributed by atoms with van der Waals surface area (Å²) in [5.74, 6) is 1.45. The topological polar surface area (TPSA) is 30.7 Å². The Morgan fingerprint density at radius 2 is 1.72 bits per heavy atom. The van der Waals surface area contributed by atoms with Gasteiger partial charge in [0.25, 0.3) is 0 Å².